The summed E-state index contributed by atoms with van der Waals surface area (Å²) in [6, 6.07) is 14.7. The maximum atomic E-state index is 12.3. The molecule has 0 atom stereocenters. The van der Waals surface area contributed by atoms with Crippen molar-refractivity contribution in [2.24, 2.45) is 0 Å². The van der Waals surface area contributed by atoms with Crippen LogP contribution in [-0.4, -0.2) is 28.6 Å². The van der Waals surface area contributed by atoms with Crippen LogP contribution in [0.4, 0.5) is 5.69 Å². The first-order valence-corrected chi connectivity index (χ1v) is 8.75. The number of carbonyl (C=O) groups excluding carboxylic acids is 2. The second-order valence-corrected chi connectivity index (χ2v) is 6.32. The van der Waals surface area contributed by atoms with Crippen LogP contribution in [0.3, 0.4) is 0 Å². The molecule has 1 fully saturated rings. The van der Waals surface area contributed by atoms with Gasteiger partial charge in [0.05, 0.1) is 0 Å². The molecule has 7 nitrogen and oxygen atoms in total. The molecule has 136 valence electrons. The largest absolute Gasteiger partial charge is 0.423 e. The van der Waals surface area contributed by atoms with E-state index in [2.05, 4.69) is 15.5 Å². The maximum absolute atomic E-state index is 12.3. The molecule has 27 heavy (non-hydrogen) atoms. The lowest BCUT2D eigenvalue weighted by molar-refractivity contribution is -0.117. The van der Waals surface area contributed by atoms with Crippen molar-refractivity contribution < 1.29 is 14.0 Å². The van der Waals surface area contributed by atoms with Crippen molar-refractivity contribution in [3.05, 3.63) is 66.1 Å². The van der Waals surface area contributed by atoms with Gasteiger partial charge in [0.1, 0.15) is 0 Å². The lowest BCUT2D eigenvalue weighted by atomic mass is 10.1. The summed E-state index contributed by atoms with van der Waals surface area (Å²) in [7, 11) is 0. The molecule has 0 spiro atoms. The fourth-order valence-electron chi connectivity index (χ4n) is 3.06. The molecule has 0 aliphatic carbocycles. The fraction of sp³-hybridized carbons (Fsp3) is 0.200. The van der Waals surface area contributed by atoms with Gasteiger partial charge in [-0.3, -0.25) is 9.59 Å². The van der Waals surface area contributed by atoms with E-state index in [0.29, 0.717) is 24.4 Å². The second kappa shape index (κ2) is 7.41. The SMILES string of the molecule is O=C(NCc1ccc(N2CCCC2=O)cc1)c1ccc(-c2nnco2)cc1. The average molecular weight is 362 g/mol. The molecule has 7 heteroatoms. The summed E-state index contributed by atoms with van der Waals surface area (Å²) >= 11 is 0. The Labute approximate surface area is 156 Å². The minimum atomic E-state index is -0.161. The molecule has 2 aromatic carbocycles. The van der Waals surface area contributed by atoms with Gasteiger partial charge in [-0.05, 0) is 48.4 Å². The Bertz CT molecular complexity index is 934. The van der Waals surface area contributed by atoms with E-state index in [9.17, 15) is 9.59 Å². The number of aromatic nitrogens is 2. The Morgan fingerprint density at radius 1 is 1.11 bits per heavy atom. The Morgan fingerprint density at radius 3 is 2.52 bits per heavy atom. The highest BCUT2D eigenvalue weighted by Gasteiger charge is 2.21. The van der Waals surface area contributed by atoms with Gasteiger partial charge in [0.2, 0.25) is 18.2 Å². The van der Waals surface area contributed by atoms with Gasteiger partial charge in [-0.1, -0.05) is 12.1 Å². The molecular weight excluding hydrogens is 344 g/mol. The van der Waals surface area contributed by atoms with E-state index >= 15 is 0 Å². The van der Waals surface area contributed by atoms with Crippen LogP contribution in [-0.2, 0) is 11.3 Å². The highest BCUT2D eigenvalue weighted by atomic mass is 16.4. The number of nitrogens with zero attached hydrogens (tertiary/aromatic N) is 3. The number of rotatable bonds is 5. The normalized spacial score (nSPS) is 13.8. The van der Waals surface area contributed by atoms with Gasteiger partial charge in [-0.2, -0.15) is 0 Å². The molecule has 0 bridgehead atoms. The van der Waals surface area contributed by atoms with Gasteiger partial charge in [0.25, 0.3) is 5.91 Å². The zero-order valence-electron chi connectivity index (χ0n) is 14.6. The average Bonchev–Trinajstić information content (AvgIpc) is 3.39. The summed E-state index contributed by atoms with van der Waals surface area (Å²) in [6.45, 7) is 1.19. The quantitative estimate of drug-likeness (QED) is 0.754. The Balaban J connectivity index is 1.35. The van der Waals surface area contributed by atoms with E-state index in [0.717, 1.165) is 29.8 Å². The second-order valence-electron chi connectivity index (χ2n) is 6.32. The van der Waals surface area contributed by atoms with Crippen LogP contribution >= 0.6 is 0 Å². The number of benzene rings is 2. The van der Waals surface area contributed by atoms with Crippen LogP contribution in [0, 0.1) is 0 Å². The van der Waals surface area contributed by atoms with Gasteiger partial charge in [0.15, 0.2) is 0 Å². The topological polar surface area (TPSA) is 88.3 Å². The van der Waals surface area contributed by atoms with Crippen molar-refractivity contribution in [3.63, 3.8) is 0 Å². The molecule has 0 saturated carbocycles. The molecule has 2 heterocycles. The number of amides is 2. The fourth-order valence-corrected chi connectivity index (χ4v) is 3.06. The molecule has 1 saturated heterocycles. The van der Waals surface area contributed by atoms with E-state index in [1.165, 1.54) is 6.39 Å². The third-order valence-electron chi connectivity index (χ3n) is 4.53. The van der Waals surface area contributed by atoms with Crippen LogP contribution in [0.5, 0.6) is 0 Å². The monoisotopic (exact) mass is 362 g/mol. The zero-order chi connectivity index (χ0) is 18.6. The Hall–Kier alpha value is -3.48. The molecule has 1 aliphatic rings. The first-order valence-electron chi connectivity index (χ1n) is 8.75. The lowest BCUT2D eigenvalue weighted by Gasteiger charge is -2.16. The van der Waals surface area contributed by atoms with Crippen LogP contribution in [0.1, 0.15) is 28.8 Å². The minimum Gasteiger partial charge on any atom is -0.423 e. The molecule has 2 amide bonds. The van der Waals surface area contributed by atoms with Gasteiger partial charge < -0.3 is 14.6 Å². The minimum absolute atomic E-state index is 0.161. The number of carbonyl (C=O) groups is 2. The summed E-state index contributed by atoms with van der Waals surface area (Å²) < 4.78 is 5.13. The van der Waals surface area contributed by atoms with Gasteiger partial charge in [0, 0.05) is 36.3 Å². The van der Waals surface area contributed by atoms with Crippen molar-refractivity contribution in [2.75, 3.05) is 11.4 Å². The summed E-state index contributed by atoms with van der Waals surface area (Å²) in [4.78, 5) is 25.9. The zero-order valence-corrected chi connectivity index (χ0v) is 14.6. The number of anilines is 1. The van der Waals surface area contributed by atoms with Gasteiger partial charge in [-0.15, -0.1) is 10.2 Å². The lowest BCUT2D eigenvalue weighted by Crippen LogP contribution is -2.24. The predicted molar refractivity (Wildman–Crippen MR) is 98.9 cm³/mol. The van der Waals surface area contributed by atoms with Crippen molar-refractivity contribution >= 4 is 17.5 Å². The van der Waals surface area contributed by atoms with Gasteiger partial charge >= 0.3 is 0 Å². The van der Waals surface area contributed by atoms with Crippen LogP contribution < -0.4 is 10.2 Å². The molecule has 1 aliphatic heterocycles. The maximum Gasteiger partial charge on any atom is 0.251 e. The van der Waals surface area contributed by atoms with E-state index in [1.807, 2.05) is 24.3 Å². The number of hydrogen-bond acceptors (Lipinski definition) is 5. The van der Waals surface area contributed by atoms with Crippen LogP contribution in [0.15, 0.2) is 59.3 Å². The summed E-state index contributed by atoms with van der Waals surface area (Å²) in [5.74, 6) is 0.421. The standard InChI is InChI=1S/C20H18N4O3/c25-18-2-1-11-24(18)17-9-3-14(4-10-17)12-21-19(26)15-5-7-16(8-6-15)20-23-22-13-27-20/h3-10,13H,1-2,11-12H2,(H,21,26). The van der Waals surface area contributed by atoms with Crippen molar-refractivity contribution in [2.45, 2.75) is 19.4 Å². The predicted octanol–water partition coefficient (Wildman–Crippen LogP) is 2.79. The first kappa shape index (κ1) is 17.0. The first-order chi connectivity index (χ1) is 13.2. The molecule has 0 unspecified atom stereocenters. The van der Waals surface area contributed by atoms with Crippen molar-refractivity contribution in [3.8, 4) is 11.5 Å². The third-order valence-corrected chi connectivity index (χ3v) is 4.53. The van der Waals surface area contributed by atoms with E-state index in [1.54, 1.807) is 29.2 Å². The van der Waals surface area contributed by atoms with E-state index in [-0.39, 0.29) is 11.8 Å². The van der Waals surface area contributed by atoms with Crippen molar-refractivity contribution in [1.29, 1.82) is 0 Å². The van der Waals surface area contributed by atoms with Gasteiger partial charge in [-0.25, -0.2) is 0 Å². The molecular formula is C20H18N4O3. The summed E-state index contributed by atoms with van der Waals surface area (Å²) in [6.07, 6.45) is 2.78. The highest BCUT2D eigenvalue weighted by Crippen LogP contribution is 2.21. The Morgan fingerprint density at radius 2 is 1.89 bits per heavy atom. The molecule has 1 aromatic heterocycles. The van der Waals surface area contributed by atoms with E-state index < -0.39 is 0 Å². The molecule has 0 radical (unpaired) electrons. The summed E-state index contributed by atoms with van der Waals surface area (Å²) in [5, 5.41) is 10.4. The smallest absolute Gasteiger partial charge is 0.251 e. The molecule has 4 rings (SSSR count). The number of hydrogen-bond donors (Lipinski definition) is 1. The van der Waals surface area contributed by atoms with E-state index in [4.69, 9.17) is 4.42 Å². The molecule has 3 aromatic rings. The Kier molecular flexibility index (Phi) is 4.65. The van der Waals surface area contributed by atoms with Crippen molar-refractivity contribution in [1.82, 2.24) is 15.5 Å². The molecule has 1 N–H and O–H groups in total. The third kappa shape index (κ3) is 3.72. The van der Waals surface area contributed by atoms with Crippen LogP contribution in [0.25, 0.3) is 11.5 Å². The summed E-state index contributed by atoms with van der Waals surface area (Å²) in [5.41, 5.74) is 3.19. The van der Waals surface area contributed by atoms with Crippen LogP contribution in [0.2, 0.25) is 0 Å². The highest BCUT2D eigenvalue weighted by molar-refractivity contribution is 5.95. The number of nitrogens with one attached hydrogen (secondary N) is 1.